The lowest BCUT2D eigenvalue weighted by Crippen LogP contribution is -2.18. The van der Waals surface area contributed by atoms with E-state index in [9.17, 15) is 0 Å². The van der Waals surface area contributed by atoms with Crippen molar-refractivity contribution in [1.82, 2.24) is 0 Å². The van der Waals surface area contributed by atoms with E-state index in [-0.39, 0.29) is 0 Å². The molecule has 0 radical (unpaired) electrons. The van der Waals surface area contributed by atoms with E-state index in [0.29, 0.717) is 0 Å². The summed E-state index contributed by atoms with van der Waals surface area (Å²) in [5.41, 5.74) is 1.48. The van der Waals surface area contributed by atoms with Gasteiger partial charge in [0.25, 0.3) is 0 Å². The Morgan fingerprint density at radius 3 is 1.73 bits per heavy atom. The first-order valence-corrected chi connectivity index (χ1v) is 10.7. The average molecular weight is 323 g/mol. The molecular weight excluding hydrogens is 288 g/mol. The van der Waals surface area contributed by atoms with E-state index < -0.39 is 9.28 Å². The molecule has 0 atom stereocenters. The number of aryl methyl sites for hydroxylation is 1. The summed E-state index contributed by atoms with van der Waals surface area (Å²) < 4.78 is 10.7. The minimum Gasteiger partial charge on any atom is -0.400 e. The van der Waals surface area contributed by atoms with Gasteiger partial charge in [-0.05, 0) is 24.4 Å². The van der Waals surface area contributed by atoms with Gasteiger partial charge in [-0.15, -0.1) is 0 Å². The Morgan fingerprint density at radius 1 is 0.682 bits per heavy atom. The van der Waals surface area contributed by atoms with E-state index in [1.807, 2.05) is 0 Å². The van der Waals surface area contributed by atoms with Crippen LogP contribution in [0.4, 0.5) is 0 Å². The van der Waals surface area contributed by atoms with Gasteiger partial charge in [0.2, 0.25) is 0 Å². The molecule has 0 aromatic heterocycles. The van der Waals surface area contributed by atoms with Gasteiger partial charge in [0.05, 0.1) is 0 Å². The third kappa shape index (κ3) is 10.1. The predicted octanol–water partition coefficient (Wildman–Crippen LogP) is 5.25. The van der Waals surface area contributed by atoms with E-state index >= 15 is 0 Å². The molecule has 2 nitrogen and oxygen atoms in total. The SMILES string of the molecule is CO[SiH](CCCCCCCCCCCc1ccccc1)OC. The number of rotatable bonds is 14. The van der Waals surface area contributed by atoms with Crippen molar-refractivity contribution in [2.75, 3.05) is 14.2 Å². The summed E-state index contributed by atoms with van der Waals surface area (Å²) in [6.45, 7) is 0. The van der Waals surface area contributed by atoms with Crippen molar-refractivity contribution in [3.05, 3.63) is 35.9 Å². The van der Waals surface area contributed by atoms with Gasteiger partial charge in [-0.25, -0.2) is 0 Å². The van der Waals surface area contributed by atoms with Crippen molar-refractivity contribution in [2.24, 2.45) is 0 Å². The summed E-state index contributed by atoms with van der Waals surface area (Å²) >= 11 is 0. The molecule has 0 N–H and O–H groups in total. The normalized spacial score (nSPS) is 11.2. The molecule has 0 saturated carbocycles. The summed E-state index contributed by atoms with van der Waals surface area (Å²) in [6.07, 6.45) is 13.5. The molecule has 3 heteroatoms. The second-order valence-corrected chi connectivity index (χ2v) is 8.49. The molecule has 1 aromatic carbocycles. The Morgan fingerprint density at radius 2 is 1.18 bits per heavy atom. The molecule has 0 saturated heterocycles. The summed E-state index contributed by atoms with van der Waals surface area (Å²) in [5, 5.41) is 0. The first kappa shape index (κ1) is 19.4. The quantitative estimate of drug-likeness (QED) is 0.344. The number of benzene rings is 1. The average Bonchev–Trinajstić information content (AvgIpc) is 2.57. The maximum atomic E-state index is 5.33. The lowest BCUT2D eigenvalue weighted by molar-refractivity contribution is 0.276. The van der Waals surface area contributed by atoms with E-state index in [2.05, 4.69) is 30.3 Å². The van der Waals surface area contributed by atoms with Crippen molar-refractivity contribution < 1.29 is 8.85 Å². The van der Waals surface area contributed by atoms with Crippen LogP contribution in [0.5, 0.6) is 0 Å². The van der Waals surface area contributed by atoms with Gasteiger partial charge in [0, 0.05) is 14.2 Å². The largest absolute Gasteiger partial charge is 0.400 e. The monoisotopic (exact) mass is 322 g/mol. The molecule has 0 heterocycles. The van der Waals surface area contributed by atoms with Crippen LogP contribution in [0, 0.1) is 0 Å². The lowest BCUT2D eigenvalue weighted by Gasteiger charge is -2.10. The highest BCUT2D eigenvalue weighted by Gasteiger charge is 2.07. The maximum absolute atomic E-state index is 5.33. The van der Waals surface area contributed by atoms with Gasteiger partial charge in [-0.2, -0.15) is 0 Å². The smallest absolute Gasteiger partial charge is 0.320 e. The fourth-order valence-corrected chi connectivity index (χ4v) is 4.14. The highest BCUT2D eigenvalue weighted by atomic mass is 28.3. The number of unbranched alkanes of at least 4 members (excludes halogenated alkanes) is 8. The van der Waals surface area contributed by atoms with Crippen molar-refractivity contribution in [2.45, 2.75) is 70.3 Å². The molecule has 22 heavy (non-hydrogen) atoms. The molecule has 0 aliphatic carbocycles. The molecule has 126 valence electrons. The van der Waals surface area contributed by atoms with Crippen LogP contribution in [0.2, 0.25) is 6.04 Å². The molecular formula is C19H34O2Si. The van der Waals surface area contributed by atoms with Crippen LogP contribution in [0.15, 0.2) is 30.3 Å². The van der Waals surface area contributed by atoms with Crippen LogP contribution in [0.25, 0.3) is 0 Å². The summed E-state index contributed by atoms with van der Waals surface area (Å²) in [6, 6.07) is 12.0. The van der Waals surface area contributed by atoms with E-state index in [1.54, 1.807) is 14.2 Å². The van der Waals surface area contributed by atoms with Crippen LogP contribution in [-0.2, 0) is 15.3 Å². The molecule has 1 rings (SSSR count). The molecule has 0 aliphatic rings. The Bertz CT molecular complexity index is 339. The van der Waals surface area contributed by atoms with Crippen molar-refractivity contribution in [1.29, 1.82) is 0 Å². The first-order chi connectivity index (χ1) is 10.9. The van der Waals surface area contributed by atoms with E-state index in [4.69, 9.17) is 8.85 Å². The van der Waals surface area contributed by atoms with Crippen LogP contribution in [-0.4, -0.2) is 23.5 Å². The minimum absolute atomic E-state index is 1.16. The summed E-state index contributed by atoms with van der Waals surface area (Å²) in [4.78, 5) is 0. The van der Waals surface area contributed by atoms with Gasteiger partial charge in [-0.3, -0.25) is 0 Å². The molecule has 0 fully saturated rings. The Kier molecular flexibility index (Phi) is 12.3. The van der Waals surface area contributed by atoms with Crippen molar-refractivity contribution >= 4 is 9.28 Å². The number of hydrogen-bond acceptors (Lipinski definition) is 2. The molecule has 0 spiro atoms. The van der Waals surface area contributed by atoms with Gasteiger partial charge in [-0.1, -0.05) is 81.7 Å². The van der Waals surface area contributed by atoms with E-state index in [0.717, 1.165) is 6.04 Å². The Balaban J connectivity index is 1.80. The molecule has 1 aromatic rings. The van der Waals surface area contributed by atoms with Crippen LogP contribution in [0.3, 0.4) is 0 Å². The van der Waals surface area contributed by atoms with Crippen LogP contribution >= 0.6 is 0 Å². The zero-order valence-corrected chi connectivity index (χ0v) is 15.7. The van der Waals surface area contributed by atoms with Gasteiger partial charge < -0.3 is 8.85 Å². The fraction of sp³-hybridized carbons (Fsp3) is 0.684. The molecule has 0 unspecified atom stereocenters. The predicted molar refractivity (Wildman–Crippen MR) is 97.7 cm³/mol. The Labute approximate surface area is 139 Å². The molecule has 0 amide bonds. The van der Waals surface area contributed by atoms with Crippen LogP contribution in [0.1, 0.15) is 63.4 Å². The fourth-order valence-electron chi connectivity index (χ4n) is 2.85. The minimum atomic E-state index is -1.30. The van der Waals surface area contributed by atoms with Gasteiger partial charge in [0.1, 0.15) is 0 Å². The highest BCUT2D eigenvalue weighted by Crippen LogP contribution is 2.13. The first-order valence-electron chi connectivity index (χ1n) is 8.96. The zero-order valence-electron chi connectivity index (χ0n) is 14.6. The topological polar surface area (TPSA) is 18.5 Å². The summed E-state index contributed by atoms with van der Waals surface area (Å²) in [7, 11) is 2.26. The molecule has 0 bridgehead atoms. The second-order valence-electron chi connectivity index (χ2n) is 6.11. The highest BCUT2D eigenvalue weighted by molar-refractivity contribution is 6.44. The second kappa shape index (κ2) is 14.0. The van der Waals surface area contributed by atoms with Crippen molar-refractivity contribution in [3.8, 4) is 0 Å². The van der Waals surface area contributed by atoms with Crippen molar-refractivity contribution in [3.63, 3.8) is 0 Å². The maximum Gasteiger partial charge on any atom is 0.320 e. The van der Waals surface area contributed by atoms with E-state index in [1.165, 1.54) is 69.8 Å². The Hall–Kier alpha value is -0.643. The summed E-state index contributed by atoms with van der Waals surface area (Å²) in [5.74, 6) is 0. The molecule has 0 aliphatic heterocycles. The van der Waals surface area contributed by atoms with Gasteiger partial charge in [0.15, 0.2) is 0 Å². The zero-order chi connectivity index (χ0) is 15.9. The van der Waals surface area contributed by atoms with Crippen LogP contribution < -0.4 is 0 Å². The standard InChI is InChI=1S/C19H34O2Si/c1-20-22(21-2)18-14-9-7-5-3-4-6-8-11-15-19-16-12-10-13-17-19/h10,12-13,16-17,22H,3-9,11,14-15,18H2,1-2H3. The lowest BCUT2D eigenvalue weighted by atomic mass is 10.0. The third-order valence-corrected chi connectivity index (χ3v) is 6.21. The number of hydrogen-bond donors (Lipinski definition) is 0. The van der Waals surface area contributed by atoms with Gasteiger partial charge >= 0.3 is 9.28 Å². The third-order valence-electron chi connectivity index (χ3n) is 4.27.